The maximum atomic E-state index is 13.7. The molecule has 0 unspecified atom stereocenters. The minimum atomic E-state index is -3.91. The van der Waals surface area contributed by atoms with E-state index in [4.69, 9.17) is 9.47 Å². The number of non-ortho nitro benzene ring substituents is 1. The van der Waals surface area contributed by atoms with Gasteiger partial charge in [-0.2, -0.15) is 0 Å². The zero-order chi connectivity index (χ0) is 23.4. The third-order valence-corrected chi connectivity index (χ3v) is 8.66. The van der Waals surface area contributed by atoms with Crippen LogP contribution < -0.4 is 10.1 Å². The van der Waals surface area contributed by atoms with Crippen molar-refractivity contribution in [2.75, 3.05) is 6.61 Å². The number of carbonyl (C=O) groups excluding carboxylic acids is 1. The van der Waals surface area contributed by atoms with E-state index in [1.807, 2.05) is 0 Å². The van der Waals surface area contributed by atoms with Gasteiger partial charge in [-0.15, -0.1) is 0 Å². The molecule has 31 heavy (non-hydrogen) atoms. The normalized spacial score (nSPS) is 26.3. The van der Waals surface area contributed by atoms with Crippen LogP contribution in [-0.2, 0) is 20.1 Å². The SMILES string of the molecule is CC(C)(C)OC(=O)NC1=N[C@]2(C)c3cc([N+](=O)[O-])ccc3OCC[C@H]2S(=O)(=O)C1(C)C. The first-order chi connectivity index (χ1) is 14.1. The molecule has 0 spiro atoms. The van der Waals surface area contributed by atoms with Crippen LogP contribution >= 0.6 is 0 Å². The number of benzene rings is 1. The predicted molar refractivity (Wildman–Crippen MR) is 114 cm³/mol. The number of carbonyl (C=O) groups is 1. The minimum absolute atomic E-state index is 0.0835. The number of amides is 1. The molecule has 0 bridgehead atoms. The summed E-state index contributed by atoms with van der Waals surface area (Å²) in [6.45, 7) is 9.71. The van der Waals surface area contributed by atoms with Crippen molar-refractivity contribution in [1.29, 1.82) is 0 Å². The third kappa shape index (κ3) is 3.86. The summed E-state index contributed by atoms with van der Waals surface area (Å²) in [6.07, 6.45) is -0.686. The Morgan fingerprint density at radius 2 is 1.97 bits per heavy atom. The van der Waals surface area contributed by atoms with E-state index in [9.17, 15) is 23.3 Å². The van der Waals surface area contributed by atoms with Crippen LogP contribution in [0.15, 0.2) is 23.2 Å². The number of hydrogen-bond donors (Lipinski definition) is 1. The highest BCUT2D eigenvalue weighted by Crippen LogP contribution is 2.49. The van der Waals surface area contributed by atoms with Crippen LogP contribution in [0.5, 0.6) is 5.75 Å². The maximum absolute atomic E-state index is 13.7. The molecule has 0 fully saturated rings. The predicted octanol–water partition coefficient (Wildman–Crippen LogP) is 3.09. The lowest BCUT2D eigenvalue weighted by molar-refractivity contribution is -0.385. The molecule has 2 heterocycles. The summed E-state index contributed by atoms with van der Waals surface area (Å²) in [5, 5.41) is 12.9. The lowest BCUT2D eigenvalue weighted by Crippen LogP contribution is -2.61. The summed E-state index contributed by atoms with van der Waals surface area (Å²) in [5.74, 6) is 0.241. The number of alkyl carbamates (subject to hydrolysis) is 1. The van der Waals surface area contributed by atoms with Crippen molar-refractivity contribution in [3.05, 3.63) is 33.9 Å². The van der Waals surface area contributed by atoms with Gasteiger partial charge in [-0.3, -0.25) is 20.4 Å². The fraction of sp³-hybridized carbons (Fsp3) is 0.600. The standard InChI is InChI=1S/C20H27N3O7S/c1-18(2,3)30-17(24)21-16-19(4,5)31(27,28)15-9-10-29-14-8-7-12(23(25)26)11-13(14)20(15,6)22-16/h7-8,11,15H,9-10H2,1-6H3,(H,21,22,24)/t15-,20-/m1/s1. The van der Waals surface area contributed by atoms with Crippen molar-refractivity contribution < 1.29 is 27.6 Å². The molecule has 1 amide bonds. The molecule has 170 valence electrons. The summed E-state index contributed by atoms with van der Waals surface area (Å²) < 4.78 is 36.8. The fourth-order valence-corrected chi connectivity index (χ4v) is 6.18. The number of rotatable bonds is 1. The Hall–Kier alpha value is -2.69. The lowest BCUT2D eigenvalue weighted by Gasteiger charge is -2.44. The third-order valence-electron chi connectivity index (χ3n) is 5.60. The number of nitrogens with zero attached hydrogens (tertiary/aromatic N) is 2. The van der Waals surface area contributed by atoms with E-state index in [1.165, 1.54) is 32.0 Å². The summed E-state index contributed by atoms with van der Waals surface area (Å²) in [6, 6.07) is 4.04. The summed E-state index contributed by atoms with van der Waals surface area (Å²) in [5.41, 5.74) is -2.12. The molecule has 2 aliphatic heterocycles. The molecule has 2 aliphatic rings. The van der Waals surface area contributed by atoms with Gasteiger partial charge in [0.25, 0.3) is 5.69 Å². The fourth-order valence-electron chi connectivity index (χ4n) is 3.91. The van der Waals surface area contributed by atoms with Crippen LogP contribution in [0, 0.1) is 10.1 Å². The molecule has 3 rings (SSSR count). The molecule has 0 radical (unpaired) electrons. The number of aliphatic imine (C=N–C) groups is 1. The van der Waals surface area contributed by atoms with Gasteiger partial charge in [-0.25, -0.2) is 13.2 Å². The molecule has 0 aliphatic carbocycles. The molecule has 1 N–H and O–H groups in total. The van der Waals surface area contributed by atoms with Crippen LogP contribution in [0.3, 0.4) is 0 Å². The Balaban J connectivity index is 2.22. The largest absolute Gasteiger partial charge is 0.493 e. The molecule has 11 heteroatoms. The van der Waals surface area contributed by atoms with Crippen molar-refractivity contribution in [2.24, 2.45) is 4.99 Å². The number of hydrogen-bond acceptors (Lipinski definition) is 8. The first-order valence-electron chi connectivity index (χ1n) is 9.85. The number of nitro benzene ring substituents is 1. The van der Waals surface area contributed by atoms with Crippen LogP contribution in [0.4, 0.5) is 10.5 Å². The minimum Gasteiger partial charge on any atom is -0.493 e. The van der Waals surface area contributed by atoms with Crippen molar-refractivity contribution in [3.63, 3.8) is 0 Å². The summed E-state index contributed by atoms with van der Waals surface area (Å²) >= 11 is 0. The Labute approximate surface area is 181 Å². The van der Waals surface area contributed by atoms with Crippen molar-refractivity contribution in [1.82, 2.24) is 5.32 Å². The highest BCUT2D eigenvalue weighted by molar-refractivity contribution is 7.94. The van der Waals surface area contributed by atoms with Gasteiger partial charge < -0.3 is 9.47 Å². The van der Waals surface area contributed by atoms with E-state index in [1.54, 1.807) is 27.7 Å². The van der Waals surface area contributed by atoms with E-state index in [0.29, 0.717) is 5.75 Å². The van der Waals surface area contributed by atoms with E-state index in [-0.39, 0.29) is 30.1 Å². The van der Waals surface area contributed by atoms with Crippen molar-refractivity contribution in [2.45, 2.75) is 69.1 Å². The molecule has 0 aromatic heterocycles. The van der Waals surface area contributed by atoms with Crippen molar-refractivity contribution in [3.8, 4) is 5.75 Å². The zero-order valence-electron chi connectivity index (χ0n) is 18.4. The molecule has 2 atom stereocenters. The molecule has 0 saturated heterocycles. The number of sulfone groups is 1. The average Bonchev–Trinajstić information content (AvgIpc) is 2.75. The first-order valence-corrected chi connectivity index (χ1v) is 11.4. The van der Waals surface area contributed by atoms with Gasteiger partial charge in [0.05, 0.1) is 16.8 Å². The lowest BCUT2D eigenvalue weighted by atomic mass is 9.86. The first kappa shape index (κ1) is 23.0. The quantitative estimate of drug-likeness (QED) is 0.509. The Kier molecular flexibility index (Phi) is 5.32. The van der Waals surface area contributed by atoms with Crippen LogP contribution in [0.25, 0.3) is 0 Å². The second kappa shape index (κ2) is 7.18. The molecular weight excluding hydrogens is 426 g/mol. The smallest absolute Gasteiger partial charge is 0.413 e. The van der Waals surface area contributed by atoms with Gasteiger partial charge in [-0.1, -0.05) is 0 Å². The van der Waals surface area contributed by atoms with Crippen LogP contribution in [-0.4, -0.2) is 47.5 Å². The summed E-state index contributed by atoms with van der Waals surface area (Å²) in [7, 11) is -3.91. The number of nitrogens with one attached hydrogen (secondary N) is 1. The molecule has 10 nitrogen and oxygen atoms in total. The number of ether oxygens (including phenoxy) is 2. The highest BCUT2D eigenvalue weighted by Gasteiger charge is 2.58. The van der Waals surface area contributed by atoms with Gasteiger partial charge in [0.15, 0.2) is 9.84 Å². The van der Waals surface area contributed by atoms with E-state index in [2.05, 4.69) is 10.3 Å². The Morgan fingerprint density at radius 1 is 1.32 bits per heavy atom. The highest BCUT2D eigenvalue weighted by atomic mass is 32.2. The van der Waals surface area contributed by atoms with Gasteiger partial charge in [0, 0.05) is 24.1 Å². The Morgan fingerprint density at radius 3 is 2.55 bits per heavy atom. The van der Waals surface area contributed by atoms with Crippen LogP contribution in [0.1, 0.15) is 53.5 Å². The van der Waals surface area contributed by atoms with Gasteiger partial charge in [0.1, 0.15) is 27.5 Å². The number of fused-ring (bicyclic) bond motifs is 3. The average molecular weight is 454 g/mol. The molecule has 1 aromatic carbocycles. The molecular formula is C20H27N3O7S. The molecule has 0 saturated carbocycles. The molecule has 1 aromatic rings. The van der Waals surface area contributed by atoms with E-state index < -0.39 is 42.0 Å². The van der Waals surface area contributed by atoms with Gasteiger partial charge in [0.2, 0.25) is 0 Å². The zero-order valence-corrected chi connectivity index (χ0v) is 19.2. The second-order valence-corrected chi connectivity index (χ2v) is 12.0. The number of nitro groups is 1. The Bertz CT molecular complexity index is 1070. The second-order valence-electron chi connectivity index (χ2n) is 9.35. The van der Waals surface area contributed by atoms with Gasteiger partial charge in [-0.05, 0) is 47.6 Å². The summed E-state index contributed by atoms with van der Waals surface area (Å²) in [4.78, 5) is 27.9. The van der Waals surface area contributed by atoms with E-state index >= 15 is 0 Å². The van der Waals surface area contributed by atoms with Crippen molar-refractivity contribution >= 4 is 27.5 Å². The van der Waals surface area contributed by atoms with Crippen LogP contribution in [0.2, 0.25) is 0 Å². The topological polar surface area (TPSA) is 137 Å². The number of amidine groups is 1. The van der Waals surface area contributed by atoms with E-state index in [0.717, 1.165) is 0 Å². The monoisotopic (exact) mass is 453 g/mol. The van der Waals surface area contributed by atoms with Gasteiger partial charge >= 0.3 is 6.09 Å². The maximum Gasteiger partial charge on any atom is 0.413 e.